The fraction of sp³-hybridized carbons (Fsp3) is 0.400. The summed E-state index contributed by atoms with van der Waals surface area (Å²) in [5, 5.41) is 0.0997. The average molecular weight is 457 g/mol. The van der Waals surface area contributed by atoms with Crippen molar-refractivity contribution in [2.45, 2.75) is 62.3 Å². The number of rotatable bonds is 5. The van der Waals surface area contributed by atoms with Crippen molar-refractivity contribution in [3.8, 4) is 0 Å². The summed E-state index contributed by atoms with van der Waals surface area (Å²) in [5.41, 5.74) is 1.32. The van der Waals surface area contributed by atoms with Gasteiger partial charge in [-0.05, 0) is 50.5 Å². The van der Waals surface area contributed by atoms with Crippen molar-refractivity contribution in [1.82, 2.24) is 4.57 Å². The van der Waals surface area contributed by atoms with Crippen LogP contribution in [-0.4, -0.2) is 26.1 Å². The van der Waals surface area contributed by atoms with Crippen molar-refractivity contribution in [3.05, 3.63) is 64.2 Å². The number of halogens is 1. The molecule has 0 unspecified atom stereocenters. The van der Waals surface area contributed by atoms with Gasteiger partial charge in [0.05, 0.1) is 21.5 Å². The highest BCUT2D eigenvalue weighted by molar-refractivity contribution is 7.91. The molecular weight excluding hydrogens is 427 g/mol. The average Bonchev–Trinajstić information content (AvgIpc) is 3.05. The summed E-state index contributed by atoms with van der Waals surface area (Å²) < 4.78 is 43.5. The molecule has 32 heavy (non-hydrogen) atoms. The highest BCUT2D eigenvalue weighted by atomic mass is 32.2. The number of benzene rings is 2. The summed E-state index contributed by atoms with van der Waals surface area (Å²) in [4.78, 5) is 15.1. The molecule has 0 saturated carbocycles. The molecule has 4 rings (SSSR count). The molecule has 1 aliphatic rings. The van der Waals surface area contributed by atoms with Gasteiger partial charge in [0.1, 0.15) is 10.7 Å². The lowest BCUT2D eigenvalue weighted by Crippen LogP contribution is -2.26. The van der Waals surface area contributed by atoms with Crippen LogP contribution >= 0.6 is 0 Å². The van der Waals surface area contributed by atoms with Gasteiger partial charge in [0.15, 0.2) is 0 Å². The third kappa shape index (κ3) is 4.18. The summed E-state index contributed by atoms with van der Waals surface area (Å²) in [6.07, 6.45) is 6.45. The van der Waals surface area contributed by atoms with Gasteiger partial charge in [0.25, 0.3) is 0 Å². The number of hydrogen-bond donors (Lipinski definition) is 0. The SMILES string of the molecule is CCCn1cc(S(=O)(=O)c2ccc(C)cc2)c(=O)c2cc(F)c(N3CCCCCC3)cc21. The minimum absolute atomic E-state index is 0.0595. The molecule has 1 aromatic heterocycles. The first-order valence-electron chi connectivity index (χ1n) is 11.3. The van der Waals surface area contributed by atoms with Crippen LogP contribution in [0.2, 0.25) is 0 Å². The standard InChI is InChI=1S/C25H29FN2O3S/c1-3-12-28-17-24(32(30,31)19-10-8-18(2)9-11-19)25(29)20-15-21(26)23(16-22(20)28)27-13-6-4-5-7-14-27/h8-11,15-17H,3-7,12-14H2,1-2H3. The van der Waals surface area contributed by atoms with E-state index >= 15 is 4.39 Å². The minimum atomic E-state index is -4.03. The molecule has 1 fully saturated rings. The van der Waals surface area contributed by atoms with E-state index in [1.165, 1.54) is 24.4 Å². The molecule has 3 aromatic rings. The van der Waals surface area contributed by atoms with Gasteiger partial charge in [-0.1, -0.05) is 37.5 Å². The molecule has 0 aliphatic carbocycles. The van der Waals surface area contributed by atoms with Crippen molar-refractivity contribution in [1.29, 1.82) is 0 Å². The quantitative estimate of drug-likeness (QED) is 0.538. The van der Waals surface area contributed by atoms with E-state index in [2.05, 4.69) is 0 Å². The fourth-order valence-corrected chi connectivity index (χ4v) is 5.76. The number of hydrogen-bond acceptors (Lipinski definition) is 4. The summed E-state index contributed by atoms with van der Waals surface area (Å²) in [7, 11) is -4.03. The molecule has 0 radical (unpaired) electrons. The summed E-state index contributed by atoms with van der Waals surface area (Å²) in [5.74, 6) is -0.482. The molecule has 170 valence electrons. The number of aryl methyl sites for hydroxylation is 2. The second kappa shape index (κ2) is 9.06. The van der Waals surface area contributed by atoms with Crippen molar-refractivity contribution < 1.29 is 12.8 Å². The van der Waals surface area contributed by atoms with Gasteiger partial charge in [-0.15, -0.1) is 0 Å². The number of pyridine rings is 1. The van der Waals surface area contributed by atoms with E-state index in [4.69, 9.17) is 0 Å². The molecule has 0 bridgehead atoms. The van der Waals surface area contributed by atoms with E-state index in [0.29, 0.717) is 17.7 Å². The highest BCUT2D eigenvalue weighted by Crippen LogP contribution is 2.29. The number of fused-ring (bicyclic) bond motifs is 1. The van der Waals surface area contributed by atoms with E-state index in [1.54, 1.807) is 22.8 Å². The van der Waals surface area contributed by atoms with Gasteiger partial charge in [0, 0.05) is 25.8 Å². The monoisotopic (exact) mass is 456 g/mol. The van der Waals surface area contributed by atoms with Crippen LogP contribution in [-0.2, 0) is 16.4 Å². The molecule has 0 spiro atoms. The molecular formula is C25H29FN2O3S. The summed E-state index contributed by atoms with van der Waals surface area (Å²) in [6.45, 7) is 5.93. The lowest BCUT2D eigenvalue weighted by molar-refractivity contribution is 0.592. The highest BCUT2D eigenvalue weighted by Gasteiger charge is 2.25. The van der Waals surface area contributed by atoms with Crippen LogP contribution in [0, 0.1) is 12.7 Å². The van der Waals surface area contributed by atoms with E-state index in [-0.39, 0.29) is 15.2 Å². The number of sulfone groups is 1. The van der Waals surface area contributed by atoms with Crippen molar-refractivity contribution >= 4 is 26.4 Å². The maximum Gasteiger partial charge on any atom is 0.211 e. The summed E-state index contributed by atoms with van der Waals surface area (Å²) in [6, 6.07) is 9.34. The first kappa shape index (κ1) is 22.5. The molecule has 0 amide bonds. The summed E-state index contributed by atoms with van der Waals surface area (Å²) >= 11 is 0. The Bertz CT molecular complexity index is 1290. The number of aromatic nitrogens is 1. The van der Waals surface area contributed by atoms with E-state index < -0.39 is 21.1 Å². The van der Waals surface area contributed by atoms with Crippen LogP contribution in [0.5, 0.6) is 0 Å². The van der Waals surface area contributed by atoms with Crippen LogP contribution in [0.4, 0.5) is 10.1 Å². The maximum absolute atomic E-state index is 15.2. The van der Waals surface area contributed by atoms with E-state index in [9.17, 15) is 13.2 Å². The Morgan fingerprint density at radius 1 is 1.00 bits per heavy atom. The van der Waals surface area contributed by atoms with E-state index in [1.807, 2.05) is 18.7 Å². The molecule has 5 nitrogen and oxygen atoms in total. The minimum Gasteiger partial charge on any atom is -0.369 e. The Balaban J connectivity index is 1.92. The molecule has 1 saturated heterocycles. The number of nitrogens with zero attached hydrogens (tertiary/aromatic N) is 2. The lowest BCUT2D eigenvalue weighted by atomic mass is 10.1. The topological polar surface area (TPSA) is 59.4 Å². The van der Waals surface area contributed by atoms with E-state index in [0.717, 1.165) is 50.8 Å². The van der Waals surface area contributed by atoms with Gasteiger partial charge in [-0.3, -0.25) is 4.79 Å². The van der Waals surface area contributed by atoms with Gasteiger partial charge in [-0.2, -0.15) is 0 Å². The predicted octanol–water partition coefficient (Wildman–Crippen LogP) is 5.07. The van der Waals surface area contributed by atoms with Gasteiger partial charge >= 0.3 is 0 Å². The molecule has 0 atom stereocenters. The van der Waals surface area contributed by atoms with Crippen LogP contribution in [0.3, 0.4) is 0 Å². The molecule has 0 N–H and O–H groups in total. The number of anilines is 1. The van der Waals surface area contributed by atoms with Crippen molar-refractivity contribution in [2.24, 2.45) is 0 Å². The predicted molar refractivity (Wildman–Crippen MR) is 126 cm³/mol. The molecule has 2 aromatic carbocycles. The van der Waals surface area contributed by atoms with Crippen LogP contribution < -0.4 is 10.3 Å². The zero-order valence-electron chi connectivity index (χ0n) is 18.6. The van der Waals surface area contributed by atoms with Crippen molar-refractivity contribution in [2.75, 3.05) is 18.0 Å². The smallest absolute Gasteiger partial charge is 0.211 e. The molecule has 1 aliphatic heterocycles. The van der Waals surface area contributed by atoms with Crippen molar-refractivity contribution in [3.63, 3.8) is 0 Å². The lowest BCUT2D eigenvalue weighted by Gasteiger charge is -2.24. The second-order valence-electron chi connectivity index (χ2n) is 8.55. The Hall–Kier alpha value is -2.67. The third-order valence-corrected chi connectivity index (χ3v) is 7.91. The second-order valence-corrected chi connectivity index (χ2v) is 10.5. The Morgan fingerprint density at radius 2 is 1.66 bits per heavy atom. The van der Waals surface area contributed by atoms with Gasteiger partial charge in [-0.25, -0.2) is 12.8 Å². The first-order chi connectivity index (χ1) is 15.3. The zero-order chi connectivity index (χ0) is 22.9. The first-order valence-corrected chi connectivity index (χ1v) is 12.7. The zero-order valence-corrected chi connectivity index (χ0v) is 19.4. The Labute approximate surface area is 188 Å². The fourth-order valence-electron chi connectivity index (χ4n) is 4.39. The molecule has 2 heterocycles. The maximum atomic E-state index is 15.2. The Kier molecular flexibility index (Phi) is 6.38. The van der Waals surface area contributed by atoms with Crippen LogP contribution in [0.25, 0.3) is 10.9 Å². The largest absolute Gasteiger partial charge is 0.369 e. The normalized spacial score (nSPS) is 15.2. The van der Waals surface area contributed by atoms with Gasteiger partial charge in [0.2, 0.25) is 15.3 Å². The molecule has 7 heteroatoms. The van der Waals surface area contributed by atoms with Gasteiger partial charge < -0.3 is 9.47 Å². The third-order valence-electron chi connectivity index (χ3n) is 6.15. The van der Waals surface area contributed by atoms with Crippen LogP contribution in [0.15, 0.2) is 57.2 Å². The van der Waals surface area contributed by atoms with Crippen LogP contribution in [0.1, 0.15) is 44.6 Å². The Morgan fingerprint density at radius 3 is 2.28 bits per heavy atom.